The minimum absolute atomic E-state index is 0.320. The molecule has 0 amide bonds. The summed E-state index contributed by atoms with van der Waals surface area (Å²) in [6.07, 6.45) is 1.79. The Kier molecular flexibility index (Phi) is 4.14. The first-order valence-corrected chi connectivity index (χ1v) is 7.21. The van der Waals surface area contributed by atoms with E-state index < -0.39 is 5.97 Å². The van der Waals surface area contributed by atoms with Crippen molar-refractivity contribution < 1.29 is 9.90 Å². The molecule has 18 heavy (non-hydrogen) atoms. The summed E-state index contributed by atoms with van der Waals surface area (Å²) >= 11 is 4.63. The molecule has 1 N–H and O–H groups in total. The number of carboxylic acid groups (broad SMARTS) is 1. The van der Waals surface area contributed by atoms with E-state index >= 15 is 0 Å². The molecule has 2 aromatic rings. The van der Waals surface area contributed by atoms with Crippen LogP contribution >= 0.6 is 27.3 Å². The predicted octanol–water partition coefficient (Wildman–Crippen LogP) is 4.22. The molecule has 0 saturated carbocycles. The number of thiazole rings is 1. The lowest BCUT2D eigenvalue weighted by Gasteiger charge is -1.99. The highest BCUT2D eigenvalue weighted by Gasteiger charge is 2.18. The molecule has 5 heteroatoms. The molecule has 0 fully saturated rings. The molecular weight excluding hydrogens is 314 g/mol. The normalized spacial score (nSPS) is 10.6. The Balaban J connectivity index is 2.47. The van der Waals surface area contributed by atoms with Crippen LogP contribution in [0.2, 0.25) is 0 Å². The van der Waals surface area contributed by atoms with Crippen LogP contribution in [0.1, 0.15) is 28.0 Å². The fourth-order valence-electron chi connectivity index (χ4n) is 1.63. The molecule has 3 nitrogen and oxygen atoms in total. The van der Waals surface area contributed by atoms with Crippen LogP contribution in [0.5, 0.6) is 0 Å². The number of benzene rings is 1. The Bertz CT molecular complexity index is 563. The third kappa shape index (κ3) is 2.79. The van der Waals surface area contributed by atoms with Crippen molar-refractivity contribution in [3.8, 4) is 11.3 Å². The molecule has 2 rings (SSSR count). The van der Waals surface area contributed by atoms with Crippen LogP contribution in [0.3, 0.4) is 0 Å². The Hall–Kier alpha value is -1.20. The van der Waals surface area contributed by atoms with Gasteiger partial charge in [-0.15, -0.1) is 11.3 Å². The summed E-state index contributed by atoms with van der Waals surface area (Å²) in [7, 11) is 0. The molecule has 0 aliphatic heterocycles. The lowest BCUT2D eigenvalue weighted by molar-refractivity contribution is 0.0702. The van der Waals surface area contributed by atoms with Gasteiger partial charge in [-0.1, -0.05) is 35.0 Å². The van der Waals surface area contributed by atoms with Crippen LogP contribution in [-0.4, -0.2) is 16.1 Å². The van der Waals surface area contributed by atoms with Gasteiger partial charge < -0.3 is 5.11 Å². The average Bonchev–Trinajstić information content (AvgIpc) is 2.75. The minimum atomic E-state index is -0.909. The van der Waals surface area contributed by atoms with Crippen LogP contribution in [0.4, 0.5) is 0 Å². The van der Waals surface area contributed by atoms with E-state index in [9.17, 15) is 9.90 Å². The first kappa shape index (κ1) is 13.2. The van der Waals surface area contributed by atoms with Crippen molar-refractivity contribution in [1.29, 1.82) is 0 Å². The molecule has 0 aliphatic carbocycles. The Morgan fingerprint density at radius 3 is 2.61 bits per heavy atom. The standard InChI is InChI=1S/C13H12BrNO2S/c1-2-3-10-15-11(12(18-10)13(16)17)8-4-6-9(14)7-5-8/h4-7H,2-3H2,1H3,(H,16,17). The quantitative estimate of drug-likeness (QED) is 0.915. The Morgan fingerprint density at radius 2 is 2.06 bits per heavy atom. The molecule has 1 aromatic heterocycles. The van der Waals surface area contributed by atoms with Gasteiger partial charge in [-0.2, -0.15) is 0 Å². The van der Waals surface area contributed by atoms with Gasteiger partial charge in [0.2, 0.25) is 0 Å². The number of aryl methyl sites for hydroxylation is 1. The van der Waals surface area contributed by atoms with Crippen molar-refractivity contribution in [1.82, 2.24) is 4.98 Å². The maximum Gasteiger partial charge on any atom is 0.348 e. The van der Waals surface area contributed by atoms with Crippen molar-refractivity contribution in [3.63, 3.8) is 0 Å². The zero-order chi connectivity index (χ0) is 13.1. The highest BCUT2D eigenvalue weighted by atomic mass is 79.9. The topological polar surface area (TPSA) is 50.2 Å². The largest absolute Gasteiger partial charge is 0.477 e. The van der Waals surface area contributed by atoms with Gasteiger partial charge in [0, 0.05) is 10.0 Å². The van der Waals surface area contributed by atoms with Gasteiger partial charge in [0.25, 0.3) is 0 Å². The zero-order valence-electron chi connectivity index (χ0n) is 9.81. The van der Waals surface area contributed by atoms with Crippen LogP contribution in [-0.2, 0) is 6.42 Å². The van der Waals surface area contributed by atoms with Gasteiger partial charge in [-0.05, 0) is 25.0 Å². The minimum Gasteiger partial charge on any atom is -0.477 e. The molecule has 0 bridgehead atoms. The van der Waals surface area contributed by atoms with Gasteiger partial charge >= 0.3 is 5.97 Å². The van der Waals surface area contributed by atoms with Gasteiger partial charge in [-0.25, -0.2) is 9.78 Å². The first-order chi connectivity index (χ1) is 8.61. The Labute approximate surface area is 118 Å². The number of nitrogens with zero attached hydrogens (tertiary/aromatic N) is 1. The second kappa shape index (κ2) is 5.63. The molecule has 0 radical (unpaired) electrons. The zero-order valence-corrected chi connectivity index (χ0v) is 12.2. The second-order valence-corrected chi connectivity index (χ2v) is 5.85. The average molecular weight is 326 g/mol. The van der Waals surface area contributed by atoms with Crippen LogP contribution in [0.25, 0.3) is 11.3 Å². The smallest absolute Gasteiger partial charge is 0.348 e. The number of aromatic nitrogens is 1. The summed E-state index contributed by atoms with van der Waals surface area (Å²) in [5.41, 5.74) is 1.41. The van der Waals surface area contributed by atoms with Crippen molar-refractivity contribution in [3.05, 3.63) is 38.6 Å². The summed E-state index contributed by atoms with van der Waals surface area (Å²) in [5.74, 6) is -0.909. The molecule has 0 spiro atoms. The SMILES string of the molecule is CCCc1nc(-c2ccc(Br)cc2)c(C(=O)O)s1. The molecule has 1 aromatic carbocycles. The van der Waals surface area contributed by atoms with E-state index in [2.05, 4.69) is 27.8 Å². The summed E-state index contributed by atoms with van der Waals surface area (Å²) in [5, 5.41) is 10.1. The van der Waals surface area contributed by atoms with E-state index in [1.807, 2.05) is 24.3 Å². The monoisotopic (exact) mass is 325 g/mol. The van der Waals surface area contributed by atoms with Crippen LogP contribution < -0.4 is 0 Å². The van der Waals surface area contributed by atoms with Crippen LogP contribution in [0.15, 0.2) is 28.7 Å². The number of halogens is 1. The summed E-state index contributed by atoms with van der Waals surface area (Å²) in [6, 6.07) is 7.53. The predicted molar refractivity (Wildman–Crippen MR) is 76.2 cm³/mol. The molecule has 0 aliphatic rings. The fourth-order valence-corrected chi connectivity index (χ4v) is 2.92. The number of carboxylic acids is 1. The lowest BCUT2D eigenvalue weighted by Crippen LogP contribution is -1.95. The number of rotatable bonds is 4. The highest BCUT2D eigenvalue weighted by molar-refractivity contribution is 9.10. The molecule has 0 saturated heterocycles. The maximum absolute atomic E-state index is 11.2. The Morgan fingerprint density at radius 1 is 1.39 bits per heavy atom. The molecular formula is C13H12BrNO2S. The summed E-state index contributed by atoms with van der Waals surface area (Å²) < 4.78 is 0.965. The summed E-state index contributed by atoms with van der Waals surface area (Å²) in [6.45, 7) is 2.06. The van der Waals surface area contributed by atoms with Crippen molar-refractivity contribution in [2.45, 2.75) is 19.8 Å². The molecule has 0 unspecified atom stereocenters. The second-order valence-electron chi connectivity index (χ2n) is 3.85. The van der Waals surface area contributed by atoms with Crippen molar-refractivity contribution in [2.24, 2.45) is 0 Å². The maximum atomic E-state index is 11.2. The van der Waals surface area contributed by atoms with Gasteiger partial charge in [-0.3, -0.25) is 0 Å². The number of hydrogen-bond donors (Lipinski definition) is 1. The molecule has 0 atom stereocenters. The van der Waals surface area contributed by atoms with E-state index in [4.69, 9.17) is 0 Å². The first-order valence-electron chi connectivity index (χ1n) is 5.60. The van der Waals surface area contributed by atoms with E-state index in [1.54, 1.807) is 0 Å². The fraction of sp³-hybridized carbons (Fsp3) is 0.231. The van der Waals surface area contributed by atoms with Gasteiger partial charge in [0.15, 0.2) is 0 Å². The van der Waals surface area contributed by atoms with E-state index in [0.717, 1.165) is 27.9 Å². The van der Waals surface area contributed by atoms with E-state index in [-0.39, 0.29) is 0 Å². The lowest BCUT2D eigenvalue weighted by atomic mass is 10.1. The summed E-state index contributed by atoms with van der Waals surface area (Å²) in [4.78, 5) is 16.0. The van der Waals surface area contributed by atoms with Crippen molar-refractivity contribution >= 4 is 33.2 Å². The van der Waals surface area contributed by atoms with E-state index in [1.165, 1.54) is 11.3 Å². The van der Waals surface area contributed by atoms with Gasteiger partial charge in [0.05, 0.1) is 10.7 Å². The van der Waals surface area contributed by atoms with E-state index in [0.29, 0.717) is 10.6 Å². The highest BCUT2D eigenvalue weighted by Crippen LogP contribution is 2.29. The molecule has 94 valence electrons. The van der Waals surface area contributed by atoms with Crippen molar-refractivity contribution in [2.75, 3.05) is 0 Å². The molecule has 1 heterocycles. The third-order valence-corrected chi connectivity index (χ3v) is 4.08. The number of carbonyl (C=O) groups is 1. The third-order valence-electron chi connectivity index (χ3n) is 2.45. The number of hydrogen-bond acceptors (Lipinski definition) is 3. The number of aromatic carboxylic acids is 1. The van der Waals surface area contributed by atoms with Crippen LogP contribution in [0, 0.1) is 0 Å². The van der Waals surface area contributed by atoms with Gasteiger partial charge in [0.1, 0.15) is 4.88 Å².